The number of pyridine rings is 1. The van der Waals surface area contributed by atoms with Crippen LogP contribution in [0.3, 0.4) is 0 Å². The van der Waals surface area contributed by atoms with Crippen LogP contribution in [0.5, 0.6) is 11.5 Å². The maximum Gasteiger partial charge on any atom is 0.258 e. The number of hydrogen-bond acceptors (Lipinski definition) is 6. The molecule has 1 saturated heterocycles. The first-order valence-electron chi connectivity index (χ1n) is 10.5. The Morgan fingerprint density at radius 3 is 2.80 bits per heavy atom. The zero-order valence-corrected chi connectivity index (χ0v) is 18.0. The molecule has 30 heavy (non-hydrogen) atoms. The maximum absolute atomic E-state index is 12.4. The number of nitrogens with zero attached hydrogens (tertiary/aromatic N) is 3. The highest BCUT2D eigenvalue weighted by atomic mass is 16.5. The number of para-hydroxylation sites is 1. The molecular formula is C23H30N4O3. The van der Waals surface area contributed by atoms with Crippen LogP contribution in [0.2, 0.25) is 0 Å². The first-order valence-corrected chi connectivity index (χ1v) is 10.5. The van der Waals surface area contributed by atoms with Crippen molar-refractivity contribution in [2.24, 2.45) is 0 Å². The van der Waals surface area contributed by atoms with Crippen molar-refractivity contribution < 1.29 is 14.3 Å². The third kappa shape index (κ3) is 4.67. The Kier molecular flexibility index (Phi) is 5.81. The monoisotopic (exact) mass is 410 g/mol. The van der Waals surface area contributed by atoms with Gasteiger partial charge in [-0.1, -0.05) is 18.2 Å². The van der Waals surface area contributed by atoms with Gasteiger partial charge in [-0.2, -0.15) is 0 Å². The third-order valence-corrected chi connectivity index (χ3v) is 5.56. The van der Waals surface area contributed by atoms with E-state index < -0.39 is 0 Å². The molecule has 0 saturated carbocycles. The molecule has 160 valence electrons. The maximum atomic E-state index is 12.4. The molecule has 2 aliphatic heterocycles. The van der Waals surface area contributed by atoms with E-state index in [1.807, 2.05) is 30.3 Å². The molecule has 0 spiro atoms. The lowest BCUT2D eigenvalue weighted by Gasteiger charge is -2.34. The SMILES string of the molecule is CN1CCN(c2ncccc2CNC(=O)COc2cccc3c2OC(C)(C)C3)CC1. The molecule has 0 unspecified atom stereocenters. The van der Waals surface area contributed by atoms with Crippen molar-refractivity contribution in [2.75, 3.05) is 44.7 Å². The van der Waals surface area contributed by atoms with Crippen molar-refractivity contribution >= 4 is 11.7 Å². The summed E-state index contributed by atoms with van der Waals surface area (Å²) in [4.78, 5) is 21.6. The number of aromatic nitrogens is 1. The predicted molar refractivity (Wildman–Crippen MR) is 116 cm³/mol. The summed E-state index contributed by atoms with van der Waals surface area (Å²) in [6.07, 6.45) is 2.64. The molecule has 3 heterocycles. The molecule has 1 aromatic carbocycles. The van der Waals surface area contributed by atoms with Gasteiger partial charge in [0, 0.05) is 56.5 Å². The summed E-state index contributed by atoms with van der Waals surface area (Å²) < 4.78 is 11.8. The lowest BCUT2D eigenvalue weighted by Crippen LogP contribution is -2.45. The van der Waals surface area contributed by atoms with Gasteiger partial charge in [0.1, 0.15) is 11.4 Å². The van der Waals surface area contributed by atoms with Crippen molar-refractivity contribution in [3.63, 3.8) is 0 Å². The van der Waals surface area contributed by atoms with Gasteiger partial charge in [0.25, 0.3) is 5.91 Å². The quantitative estimate of drug-likeness (QED) is 0.788. The van der Waals surface area contributed by atoms with Crippen molar-refractivity contribution in [1.29, 1.82) is 0 Å². The Labute approximate surface area is 178 Å². The summed E-state index contributed by atoms with van der Waals surface area (Å²) in [6.45, 7) is 8.37. The van der Waals surface area contributed by atoms with Crippen molar-refractivity contribution in [2.45, 2.75) is 32.4 Å². The highest BCUT2D eigenvalue weighted by Gasteiger charge is 2.32. The summed E-state index contributed by atoms with van der Waals surface area (Å²) in [6, 6.07) is 9.75. The standard InChI is InChI=1S/C23H30N4O3/c1-23(2)14-17-6-4-8-19(21(17)30-23)29-16-20(28)25-15-18-7-5-9-24-22(18)27-12-10-26(3)11-13-27/h4-9H,10-16H2,1-3H3,(H,25,28). The number of nitrogens with one attached hydrogen (secondary N) is 1. The van der Waals surface area contributed by atoms with E-state index in [1.54, 1.807) is 6.20 Å². The number of fused-ring (bicyclic) bond motifs is 1. The van der Waals surface area contributed by atoms with E-state index in [0.29, 0.717) is 12.3 Å². The number of anilines is 1. The molecule has 2 aromatic rings. The highest BCUT2D eigenvalue weighted by molar-refractivity contribution is 5.77. The molecule has 1 aromatic heterocycles. The summed E-state index contributed by atoms with van der Waals surface area (Å²) in [5.74, 6) is 2.15. The molecule has 1 amide bonds. The van der Waals surface area contributed by atoms with Crippen LogP contribution in [-0.2, 0) is 17.8 Å². The van der Waals surface area contributed by atoms with E-state index in [9.17, 15) is 4.79 Å². The van der Waals surface area contributed by atoms with Gasteiger partial charge in [-0.15, -0.1) is 0 Å². The van der Waals surface area contributed by atoms with Gasteiger partial charge >= 0.3 is 0 Å². The van der Waals surface area contributed by atoms with Crippen LogP contribution in [0.15, 0.2) is 36.5 Å². The Bertz CT molecular complexity index is 907. The number of carbonyl (C=O) groups excluding carboxylic acids is 1. The molecule has 2 aliphatic rings. The molecule has 4 rings (SSSR count). The van der Waals surface area contributed by atoms with E-state index in [1.165, 1.54) is 0 Å². The fourth-order valence-corrected chi connectivity index (χ4v) is 3.96. The van der Waals surface area contributed by atoms with Gasteiger partial charge in [-0.05, 0) is 33.0 Å². The first kappa shape index (κ1) is 20.5. The van der Waals surface area contributed by atoms with Crippen molar-refractivity contribution in [3.8, 4) is 11.5 Å². The fraction of sp³-hybridized carbons (Fsp3) is 0.478. The summed E-state index contributed by atoms with van der Waals surface area (Å²) in [7, 11) is 2.13. The number of amides is 1. The number of ether oxygens (including phenoxy) is 2. The van der Waals surface area contributed by atoms with Gasteiger partial charge in [-0.25, -0.2) is 4.98 Å². The van der Waals surface area contributed by atoms with E-state index in [4.69, 9.17) is 9.47 Å². The average Bonchev–Trinajstić information content (AvgIpc) is 3.06. The minimum absolute atomic E-state index is 0.0512. The second-order valence-corrected chi connectivity index (χ2v) is 8.62. The molecule has 7 heteroatoms. The number of piperazine rings is 1. The van der Waals surface area contributed by atoms with Crippen LogP contribution in [0.1, 0.15) is 25.0 Å². The normalized spacial score (nSPS) is 17.9. The van der Waals surface area contributed by atoms with Gasteiger partial charge in [-0.3, -0.25) is 4.79 Å². The van der Waals surface area contributed by atoms with Crippen LogP contribution in [0, 0.1) is 0 Å². The Morgan fingerprint density at radius 2 is 2.00 bits per heavy atom. The van der Waals surface area contributed by atoms with Crippen molar-refractivity contribution in [3.05, 3.63) is 47.7 Å². The average molecular weight is 411 g/mol. The summed E-state index contributed by atoms with van der Waals surface area (Å²) in [5.41, 5.74) is 1.88. The van der Waals surface area contributed by atoms with E-state index in [-0.39, 0.29) is 18.1 Å². The number of rotatable bonds is 6. The topological polar surface area (TPSA) is 66.9 Å². The molecule has 0 bridgehead atoms. The Hall–Kier alpha value is -2.80. The third-order valence-electron chi connectivity index (χ3n) is 5.56. The summed E-state index contributed by atoms with van der Waals surface area (Å²) in [5, 5.41) is 2.96. The zero-order valence-electron chi connectivity index (χ0n) is 18.0. The molecule has 1 fully saturated rings. The lowest BCUT2D eigenvalue weighted by atomic mass is 10.0. The fourth-order valence-electron chi connectivity index (χ4n) is 3.96. The molecule has 0 atom stereocenters. The van der Waals surface area contributed by atoms with Crippen molar-refractivity contribution in [1.82, 2.24) is 15.2 Å². The minimum Gasteiger partial charge on any atom is -0.483 e. The lowest BCUT2D eigenvalue weighted by molar-refractivity contribution is -0.123. The van der Waals surface area contributed by atoms with E-state index in [0.717, 1.165) is 55.3 Å². The number of hydrogen-bond donors (Lipinski definition) is 1. The first-order chi connectivity index (χ1) is 14.4. The largest absolute Gasteiger partial charge is 0.483 e. The molecule has 0 aliphatic carbocycles. The Morgan fingerprint density at radius 1 is 1.20 bits per heavy atom. The minimum atomic E-state index is -0.246. The second kappa shape index (κ2) is 8.52. The molecule has 7 nitrogen and oxygen atoms in total. The zero-order chi connectivity index (χ0) is 21.1. The van der Waals surface area contributed by atoms with Gasteiger partial charge in [0.05, 0.1) is 0 Å². The van der Waals surface area contributed by atoms with Crippen LogP contribution < -0.4 is 19.7 Å². The second-order valence-electron chi connectivity index (χ2n) is 8.62. The number of carbonyl (C=O) groups is 1. The number of likely N-dealkylation sites (N-methyl/N-ethyl adjacent to an activating group) is 1. The van der Waals surface area contributed by atoms with Gasteiger partial charge in [0.2, 0.25) is 0 Å². The smallest absolute Gasteiger partial charge is 0.258 e. The van der Waals surface area contributed by atoms with E-state index in [2.05, 4.69) is 41.0 Å². The van der Waals surface area contributed by atoms with E-state index >= 15 is 0 Å². The molecule has 0 radical (unpaired) electrons. The highest BCUT2D eigenvalue weighted by Crippen LogP contribution is 2.41. The summed E-state index contributed by atoms with van der Waals surface area (Å²) >= 11 is 0. The van der Waals surface area contributed by atoms with Crippen LogP contribution >= 0.6 is 0 Å². The van der Waals surface area contributed by atoms with Gasteiger partial charge in [0.15, 0.2) is 18.1 Å². The van der Waals surface area contributed by atoms with Gasteiger partial charge < -0.3 is 24.6 Å². The van der Waals surface area contributed by atoms with Crippen LogP contribution in [-0.4, -0.2) is 61.2 Å². The predicted octanol–water partition coefficient (Wildman–Crippen LogP) is 2.24. The molecule has 1 N–H and O–H groups in total. The van der Waals surface area contributed by atoms with Crippen LogP contribution in [0.25, 0.3) is 0 Å². The number of benzene rings is 1. The Balaban J connectivity index is 1.33. The van der Waals surface area contributed by atoms with Crippen LogP contribution in [0.4, 0.5) is 5.82 Å². The molecular weight excluding hydrogens is 380 g/mol.